The van der Waals surface area contributed by atoms with Crippen molar-refractivity contribution in [1.29, 1.82) is 0 Å². The van der Waals surface area contributed by atoms with Gasteiger partial charge in [-0.05, 0) is 13.3 Å². The molecule has 0 saturated carbocycles. The van der Waals surface area contributed by atoms with Crippen molar-refractivity contribution in [2.24, 2.45) is 0 Å². The Kier molecular flexibility index (Phi) is 13.9. The molecule has 0 N–H and O–H groups in total. The normalized spacial score (nSPS) is 10.8. The molecule has 92 valence electrons. The minimum Gasteiger partial charge on any atom is -0.382 e. The summed E-state index contributed by atoms with van der Waals surface area (Å²) in [6.45, 7) is 6.18. The summed E-state index contributed by atoms with van der Waals surface area (Å²) < 4.78 is 5.31. The summed E-state index contributed by atoms with van der Waals surface area (Å²) in [7, 11) is 0. The van der Waals surface area contributed by atoms with Gasteiger partial charge in [0.1, 0.15) is 0 Å². The van der Waals surface area contributed by atoms with Gasteiger partial charge in [-0.3, -0.25) is 0 Å². The highest BCUT2D eigenvalue weighted by atomic mass is 16.5. The predicted molar refractivity (Wildman–Crippen MR) is 68.3 cm³/mol. The van der Waals surface area contributed by atoms with Crippen LogP contribution in [0.25, 0.3) is 0 Å². The van der Waals surface area contributed by atoms with Crippen LogP contribution < -0.4 is 0 Å². The van der Waals surface area contributed by atoms with Gasteiger partial charge in [0.15, 0.2) is 0 Å². The van der Waals surface area contributed by atoms with E-state index in [-0.39, 0.29) is 0 Å². The first-order valence-electron chi connectivity index (χ1n) is 6.99. The van der Waals surface area contributed by atoms with Crippen molar-refractivity contribution >= 4 is 0 Å². The van der Waals surface area contributed by atoms with Crippen molar-refractivity contribution in [2.45, 2.75) is 78.1 Å². The lowest BCUT2D eigenvalue weighted by Gasteiger charge is -2.02. The maximum atomic E-state index is 5.31. The van der Waals surface area contributed by atoms with Crippen molar-refractivity contribution in [3.05, 3.63) is 0 Å². The lowest BCUT2D eigenvalue weighted by atomic mass is 10.1. The quantitative estimate of drug-likeness (QED) is 0.418. The summed E-state index contributed by atoms with van der Waals surface area (Å²) in [5, 5.41) is 0. The summed E-state index contributed by atoms with van der Waals surface area (Å²) in [5.41, 5.74) is 0. The first-order valence-corrected chi connectivity index (χ1v) is 6.99. The minimum atomic E-state index is 0.872. The summed E-state index contributed by atoms with van der Waals surface area (Å²) in [6.07, 6.45) is 14.0. The molecule has 0 aromatic carbocycles. The average molecular weight is 214 g/mol. The number of hydrogen-bond acceptors (Lipinski definition) is 1. The highest BCUT2D eigenvalue weighted by molar-refractivity contribution is 4.47. The molecule has 0 saturated heterocycles. The Bertz CT molecular complexity index is 89.5. The standard InChI is InChI=1S/C14H30O/c1-3-5-6-7-8-9-10-11-12-13-14-15-4-2/h3-14H2,1-2H3. The van der Waals surface area contributed by atoms with E-state index in [9.17, 15) is 0 Å². The van der Waals surface area contributed by atoms with Crippen LogP contribution in [-0.2, 0) is 4.74 Å². The van der Waals surface area contributed by atoms with Crippen molar-refractivity contribution < 1.29 is 4.74 Å². The van der Waals surface area contributed by atoms with E-state index in [0.29, 0.717) is 0 Å². The van der Waals surface area contributed by atoms with E-state index in [4.69, 9.17) is 4.74 Å². The fraction of sp³-hybridized carbons (Fsp3) is 1.00. The molecule has 0 rings (SSSR count). The molecule has 0 atom stereocenters. The molecular weight excluding hydrogens is 184 g/mol. The van der Waals surface area contributed by atoms with Gasteiger partial charge in [0.25, 0.3) is 0 Å². The second-order valence-corrected chi connectivity index (χ2v) is 4.38. The van der Waals surface area contributed by atoms with Crippen LogP contribution in [0.2, 0.25) is 0 Å². The molecule has 0 spiro atoms. The predicted octanol–water partition coefficient (Wildman–Crippen LogP) is 4.94. The summed E-state index contributed by atoms with van der Waals surface area (Å²) in [5.74, 6) is 0. The van der Waals surface area contributed by atoms with Crippen molar-refractivity contribution in [3.63, 3.8) is 0 Å². The van der Waals surface area contributed by atoms with Crippen LogP contribution in [0.1, 0.15) is 78.1 Å². The maximum absolute atomic E-state index is 5.31. The van der Waals surface area contributed by atoms with E-state index in [0.717, 1.165) is 13.2 Å². The third-order valence-corrected chi connectivity index (χ3v) is 2.85. The summed E-state index contributed by atoms with van der Waals surface area (Å²) in [4.78, 5) is 0. The Morgan fingerprint density at radius 3 is 1.53 bits per heavy atom. The van der Waals surface area contributed by atoms with Gasteiger partial charge >= 0.3 is 0 Å². The Morgan fingerprint density at radius 2 is 1.07 bits per heavy atom. The molecule has 1 heteroatoms. The Labute approximate surface area is 96.6 Å². The van der Waals surface area contributed by atoms with Crippen LogP contribution in [0, 0.1) is 0 Å². The molecule has 0 amide bonds. The second-order valence-electron chi connectivity index (χ2n) is 4.38. The van der Waals surface area contributed by atoms with Gasteiger partial charge in [0.2, 0.25) is 0 Å². The van der Waals surface area contributed by atoms with E-state index in [1.54, 1.807) is 0 Å². The molecule has 1 nitrogen and oxygen atoms in total. The van der Waals surface area contributed by atoms with Gasteiger partial charge in [0.05, 0.1) is 0 Å². The Balaban J connectivity index is 2.81. The molecule has 0 aromatic rings. The zero-order chi connectivity index (χ0) is 11.2. The molecule has 0 aliphatic carbocycles. The molecule has 0 bridgehead atoms. The van der Waals surface area contributed by atoms with Crippen LogP contribution in [0.3, 0.4) is 0 Å². The molecule has 0 heterocycles. The SMILES string of the molecule is CCCCCCCCCCCCOCC. The fourth-order valence-electron chi connectivity index (χ4n) is 1.84. The van der Waals surface area contributed by atoms with Gasteiger partial charge in [-0.1, -0.05) is 64.7 Å². The Hall–Kier alpha value is -0.0400. The van der Waals surface area contributed by atoms with E-state index in [1.807, 2.05) is 0 Å². The third-order valence-electron chi connectivity index (χ3n) is 2.85. The largest absolute Gasteiger partial charge is 0.382 e. The molecule has 0 aliphatic rings. The highest BCUT2D eigenvalue weighted by Crippen LogP contribution is 2.10. The fourth-order valence-corrected chi connectivity index (χ4v) is 1.84. The molecule has 15 heavy (non-hydrogen) atoms. The average Bonchev–Trinajstić information content (AvgIpc) is 2.26. The molecule has 0 radical (unpaired) electrons. The lowest BCUT2D eigenvalue weighted by Crippen LogP contribution is -1.92. The van der Waals surface area contributed by atoms with Crippen LogP contribution in [0.5, 0.6) is 0 Å². The van der Waals surface area contributed by atoms with Gasteiger partial charge in [0, 0.05) is 13.2 Å². The number of hydrogen-bond donors (Lipinski definition) is 0. The molecule has 0 fully saturated rings. The summed E-state index contributed by atoms with van der Waals surface area (Å²) in [6, 6.07) is 0. The van der Waals surface area contributed by atoms with Gasteiger partial charge in [-0.2, -0.15) is 0 Å². The molecular formula is C14H30O. The number of rotatable bonds is 12. The first-order chi connectivity index (χ1) is 7.41. The van der Waals surface area contributed by atoms with E-state index in [1.165, 1.54) is 64.2 Å². The van der Waals surface area contributed by atoms with Crippen molar-refractivity contribution in [1.82, 2.24) is 0 Å². The second kappa shape index (κ2) is 14.0. The minimum absolute atomic E-state index is 0.872. The van der Waals surface area contributed by atoms with E-state index in [2.05, 4.69) is 13.8 Å². The monoisotopic (exact) mass is 214 g/mol. The van der Waals surface area contributed by atoms with Crippen LogP contribution >= 0.6 is 0 Å². The van der Waals surface area contributed by atoms with Crippen molar-refractivity contribution in [3.8, 4) is 0 Å². The third kappa shape index (κ3) is 14.0. The van der Waals surface area contributed by atoms with Crippen LogP contribution in [0.4, 0.5) is 0 Å². The van der Waals surface area contributed by atoms with Crippen LogP contribution in [0.15, 0.2) is 0 Å². The maximum Gasteiger partial charge on any atom is 0.0465 e. The van der Waals surface area contributed by atoms with Gasteiger partial charge < -0.3 is 4.74 Å². The lowest BCUT2D eigenvalue weighted by molar-refractivity contribution is 0.143. The topological polar surface area (TPSA) is 9.23 Å². The molecule has 0 aliphatic heterocycles. The van der Waals surface area contributed by atoms with Gasteiger partial charge in [-0.25, -0.2) is 0 Å². The van der Waals surface area contributed by atoms with Crippen molar-refractivity contribution in [2.75, 3.05) is 13.2 Å². The van der Waals surface area contributed by atoms with Gasteiger partial charge in [-0.15, -0.1) is 0 Å². The Morgan fingerprint density at radius 1 is 0.600 bits per heavy atom. The zero-order valence-corrected chi connectivity index (χ0v) is 10.9. The molecule has 0 unspecified atom stereocenters. The number of unbranched alkanes of at least 4 members (excludes halogenated alkanes) is 9. The number of ether oxygens (including phenoxy) is 1. The first kappa shape index (κ1) is 15.0. The highest BCUT2D eigenvalue weighted by Gasteiger charge is 1.92. The zero-order valence-electron chi connectivity index (χ0n) is 10.9. The molecule has 0 aromatic heterocycles. The van der Waals surface area contributed by atoms with E-state index < -0.39 is 0 Å². The van der Waals surface area contributed by atoms with E-state index >= 15 is 0 Å². The van der Waals surface area contributed by atoms with Crippen LogP contribution in [-0.4, -0.2) is 13.2 Å². The summed E-state index contributed by atoms with van der Waals surface area (Å²) >= 11 is 0. The smallest absolute Gasteiger partial charge is 0.0465 e.